The molecule has 0 saturated carbocycles. The van der Waals surface area contributed by atoms with E-state index in [1.165, 1.54) is 0 Å². The second-order valence-electron chi connectivity index (χ2n) is 3.28. The molecule has 0 radical (unpaired) electrons. The fraction of sp³-hybridized carbons (Fsp3) is 0.875. The Bertz CT molecular complexity index is 145. The summed E-state index contributed by atoms with van der Waals surface area (Å²) in [6.45, 7) is 1.88. The van der Waals surface area contributed by atoms with Crippen LogP contribution in [0.3, 0.4) is 0 Å². The molecule has 11 heavy (non-hydrogen) atoms. The molecule has 1 atom stereocenters. The summed E-state index contributed by atoms with van der Waals surface area (Å²) >= 11 is 0. The molecule has 0 rings (SSSR count). The molecule has 0 aliphatic rings. The standard InChI is InChI=1S/C8H16FNS/c1-8(7-10)5-4-6-11(2,3)9/h8H,4-6H2,1-3H3. The quantitative estimate of drug-likeness (QED) is 0.647. The van der Waals surface area contributed by atoms with Crippen molar-refractivity contribution in [1.82, 2.24) is 0 Å². The van der Waals surface area contributed by atoms with Gasteiger partial charge < -0.3 is 0 Å². The van der Waals surface area contributed by atoms with Crippen molar-refractivity contribution < 1.29 is 3.89 Å². The highest BCUT2D eigenvalue weighted by molar-refractivity contribution is 8.28. The van der Waals surface area contributed by atoms with Crippen molar-refractivity contribution >= 4 is 10.4 Å². The molecular weight excluding hydrogens is 161 g/mol. The Morgan fingerprint density at radius 3 is 2.45 bits per heavy atom. The van der Waals surface area contributed by atoms with Gasteiger partial charge >= 0.3 is 0 Å². The molecule has 1 unspecified atom stereocenters. The Kier molecular flexibility index (Phi) is 4.51. The molecule has 0 fully saturated rings. The van der Waals surface area contributed by atoms with Crippen LogP contribution in [0, 0.1) is 17.2 Å². The second-order valence-corrected chi connectivity index (χ2v) is 6.49. The minimum absolute atomic E-state index is 0.0803. The predicted molar refractivity (Wildman–Crippen MR) is 49.4 cm³/mol. The lowest BCUT2D eigenvalue weighted by Crippen LogP contribution is -1.97. The highest BCUT2D eigenvalue weighted by atomic mass is 32.3. The van der Waals surface area contributed by atoms with Crippen molar-refractivity contribution in [3.8, 4) is 6.07 Å². The van der Waals surface area contributed by atoms with Gasteiger partial charge in [-0.2, -0.15) is 9.15 Å². The van der Waals surface area contributed by atoms with Crippen molar-refractivity contribution in [1.29, 1.82) is 5.26 Å². The zero-order valence-corrected chi connectivity index (χ0v) is 8.25. The number of hydrogen-bond acceptors (Lipinski definition) is 1. The van der Waals surface area contributed by atoms with Gasteiger partial charge in [0.2, 0.25) is 0 Å². The van der Waals surface area contributed by atoms with Gasteiger partial charge in [0, 0.05) is 11.7 Å². The Labute approximate surface area is 70.2 Å². The van der Waals surface area contributed by atoms with Crippen LogP contribution in [0.1, 0.15) is 19.8 Å². The zero-order chi connectivity index (χ0) is 8.91. The Morgan fingerprint density at radius 1 is 1.55 bits per heavy atom. The van der Waals surface area contributed by atoms with E-state index in [0.29, 0.717) is 5.75 Å². The predicted octanol–water partition coefficient (Wildman–Crippen LogP) is 2.87. The van der Waals surface area contributed by atoms with Crippen molar-refractivity contribution in [2.75, 3.05) is 18.3 Å². The van der Waals surface area contributed by atoms with E-state index < -0.39 is 10.4 Å². The molecule has 0 bridgehead atoms. The monoisotopic (exact) mass is 177 g/mol. The molecule has 0 aliphatic heterocycles. The maximum Gasteiger partial charge on any atom is 0.0652 e. The topological polar surface area (TPSA) is 23.8 Å². The van der Waals surface area contributed by atoms with E-state index >= 15 is 0 Å². The molecule has 0 aliphatic carbocycles. The number of nitrogens with zero attached hydrogens (tertiary/aromatic N) is 1. The van der Waals surface area contributed by atoms with Gasteiger partial charge in [-0.1, -0.05) is 10.4 Å². The van der Waals surface area contributed by atoms with Crippen molar-refractivity contribution in [2.45, 2.75) is 19.8 Å². The van der Waals surface area contributed by atoms with E-state index in [2.05, 4.69) is 6.07 Å². The molecule has 0 heterocycles. The van der Waals surface area contributed by atoms with Gasteiger partial charge in [0.05, 0.1) is 6.07 Å². The van der Waals surface area contributed by atoms with Gasteiger partial charge in [-0.05, 0) is 32.3 Å². The average molecular weight is 177 g/mol. The highest BCUT2D eigenvalue weighted by Gasteiger charge is 2.09. The molecule has 1 nitrogen and oxygen atoms in total. The molecule has 0 aromatic rings. The second kappa shape index (κ2) is 4.61. The van der Waals surface area contributed by atoms with Crippen molar-refractivity contribution in [3.63, 3.8) is 0 Å². The van der Waals surface area contributed by atoms with Crippen LogP contribution in [0.2, 0.25) is 0 Å². The summed E-state index contributed by atoms with van der Waals surface area (Å²) in [5.41, 5.74) is 0. The van der Waals surface area contributed by atoms with Crippen LogP contribution < -0.4 is 0 Å². The fourth-order valence-electron chi connectivity index (χ4n) is 0.797. The van der Waals surface area contributed by atoms with Gasteiger partial charge in [-0.3, -0.25) is 0 Å². The van der Waals surface area contributed by atoms with E-state index in [4.69, 9.17) is 5.26 Å². The molecule has 3 heteroatoms. The number of hydrogen-bond donors (Lipinski definition) is 0. The first-order valence-electron chi connectivity index (χ1n) is 3.76. The Morgan fingerprint density at radius 2 is 2.09 bits per heavy atom. The third kappa shape index (κ3) is 7.67. The van der Waals surface area contributed by atoms with Crippen LogP contribution in [-0.2, 0) is 0 Å². The summed E-state index contributed by atoms with van der Waals surface area (Å²) in [4.78, 5) is 0. The summed E-state index contributed by atoms with van der Waals surface area (Å²) in [6, 6.07) is 2.14. The van der Waals surface area contributed by atoms with E-state index in [-0.39, 0.29) is 5.92 Å². The van der Waals surface area contributed by atoms with Gasteiger partial charge in [-0.25, -0.2) is 0 Å². The summed E-state index contributed by atoms with van der Waals surface area (Å²) in [5.74, 6) is 0.718. The normalized spacial score (nSPS) is 15.5. The SMILES string of the molecule is CC(C#N)CCCS(C)(C)F. The molecule has 0 aromatic carbocycles. The number of halogens is 1. The molecule has 0 N–H and O–H groups in total. The van der Waals surface area contributed by atoms with E-state index in [0.717, 1.165) is 12.8 Å². The van der Waals surface area contributed by atoms with Crippen LogP contribution in [0.4, 0.5) is 3.89 Å². The molecule has 0 saturated heterocycles. The van der Waals surface area contributed by atoms with Gasteiger partial charge in [0.1, 0.15) is 0 Å². The molecule has 0 spiro atoms. The summed E-state index contributed by atoms with van der Waals surface area (Å²) in [7, 11) is -1.84. The molecular formula is C8H16FNS. The lowest BCUT2D eigenvalue weighted by atomic mass is 10.1. The van der Waals surface area contributed by atoms with Gasteiger partial charge in [-0.15, -0.1) is 0 Å². The number of rotatable bonds is 4. The van der Waals surface area contributed by atoms with Gasteiger partial charge in [0.25, 0.3) is 0 Å². The lowest BCUT2D eigenvalue weighted by Gasteiger charge is -2.19. The third-order valence-corrected chi connectivity index (χ3v) is 2.75. The Hall–Kier alpha value is -0.230. The third-order valence-electron chi connectivity index (χ3n) is 1.49. The largest absolute Gasteiger partial charge is 0.198 e. The highest BCUT2D eigenvalue weighted by Crippen LogP contribution is 2.42. The molecule has 66 valence electrons. The first-order chi connectivity index (χ1) is 4.95. The fourth-order valence-corrected chi connectivity index (χ4v) is 1.65. The minimum Gasteiger partial charge on any atom is -0.198 e. The van der Waals surface area contributed by atoms with Crippen molar-refractivity contribution in [2.24, 2.45) is 5.92 Å². The summed E-state index contributed by atoms with van der Waals surface area (Å²) in [5, 5.41) is 8.43. The first kappa shape index (κ1) is 10.8. The minimum atomic E-state index is -1.84. The lowest BCUT2D eigenvalue weighted by molar-refractivity contribution is 0.646. The first-order valence-corrected chi connectivity index (χ1v) is 6.28. The molecule has 0 aromatic heterocycles. The van der Waals surface area contributed by atoms with E-state index in [1.807, 2.05) is 6.92 Å². The summed E-state index contributed by atoms with van der Waals surface area (Å²) < 4.78 is 12.9. The van der Waals surface area contributed by atoms with Crippen LogP contribution in [0.15, 0.2) is 0 Å². The van der Waals surface area contributed by atoms with Crippen LogP contribution in [-0.4, -0.2) is 18.3 Å². The van der Waals surface area contributed by atoms with E-state index in [1.54, 1.807) is 12.5 Å². The Balaban J connectivity index is 3.37. The maximum atomic E-state index is 12.9. The zero-order valence-electron chi connectivity index (χ0n) is 7.43. The van der Waals surface area contributed by atoms with Crippen LogP contribution in [0.5, 0.6) is 0 Å². The van der Waals surface area contributed by atoms with Crippen molar-refractivity contribution in [3.05, 3.63) is 0 Å². The summed E-state index contributed by atoms with van der Waals surface area (Å²) in [6.07, 6.45) is 4.98. The number of nitriles is 1. The van der Waals surface area contributed by atoms with Crippen LogP contribution >= 0.6 is 10.4 Å². The van der Waals surface area contributed by atoms with Gasteiger partial charge in [0.15, 0.2) is 0 Å². The maximum absolute atomic E-state index is 12.9. The van der Waals surface area contributed by atoms with Crippen LogP contribution in [0.25, 0.3) is 0 Å². The van der Waals surface area contributed by atoms with E-state index in [9.17, 15) is 3.89 Å². The average Bonchev–Trinajstić information content (AvgIpc) is 1.85. The molecule has 0 amide bonds. The smallest absolute Gasteiger partial charge is 0.0652 e.